The smallest absolute Gasteiger partial charge is 0.227 e. The summed E-state index contributed by atoms with van der Waals surface area (Å²) >= 11 is 0. The predicted molar refractivity (Wildman–Crippen MR) is 79.3 cm³/mol. The van der Waals surface area contributed by atoms with Crippen LogP contribution in [0.25, 0.3) is 0 Å². The standard InChI is InChI=1S/C16H22N2O2/c1-3-4-15(19)17-11(2)12-7-9-14(10-8-12)18-16(20)13-5-6-13/h7-11,13H,3-6H2,1-2H3,(H,17,19)(H,18,20). The topological polar surface area (TPSA) is 58.2 Å². The maximum Gasteiger partial charge on any atom is 0.227 e. The van der Waals surface area contributed by atoms with Crippen LogP contribution in [0, 0.1) is 5.92 Å². The Balaban J connectivity index is 1.89. The number of rotatable bonds is 6. The maximum absolute atomic E-state index is 11.6. The Morgan fingerprint density at radius 2 is 1.90 bits per heavy atom. The molecule has 0 saturated heterocycles. The van der Waals surface area contributed by atoms with Crippen LogP contribution in [0.2, 0.25) is 0 Å². The number of anilines is 1. The molecule has 2 amide bonds. The highest BCUT2D eigenvalue weighted by atomic mass is 16.2. The monoisotopic (exact) mass is 274 g/mol. The zero-order chi connectivity index (χ0) is 14.5. The molecule has 108 valence electrons. The minimum absolute atomic E-state index is 0.0118. The van der Waals surface area contributed by atoms with Gasteiger partial charge in [0.25, 0.3) is 0 Å². The first-order chi connectivity index (χ1) is 9.60. The van der Waals surface area contributed by atoms with Crippen LogP contribution in [0.4, 0.5) is 5.69 Å². The van der Waals surface area contributed by atoms with Gasteiger partial charge < -0.3 is 10.6 Å². The third kappa shape index (κ3) is 4.08. The van der Waals surface area contributed by atoms with Crippen molar-refractivity contribution in [2.75, 3.05) is 5.32 Å². The van der Waals surface area contributed by atoms with Gasteiger partial charge in [-0.25, -0.2) is 0 Å². The molecule has 0 aromatic heterocycles. The van der Waals surface area contributed by atoms with Gasteiger partial charge in [0.15, 0.2) is 0 Å². The molecule has 0 aliphatic heterocycles. The fraction of sp³-hybridized carbons (Fsp3) is 0.500. The molecule has 1 aliphatic carbocycles. The van der Waals surface area contributed by atoms with Crippen molar-refractivity contribution in [1.82, 2.24) is 5.32 Å². The Kier molecular flexibility index (Phi) is 4.77. The molecular formula is C16H22N2O2. The fourth-order valence-electron chi connectivity index (χ4n) is 2.07. The lowest BCUT2D eigenvalue weighted by molar-refractivity contribution is -0.121. The summed E-state index contributed by atoms with van der Waals surface area (Å²) in [6, 6.07) is 7.65. The van der Waals surface area contributed by atoms with E-state index in [1.807, 2.05) is 38.1 Å². The molecule has 2 N–H and O–H groups in total. The van der Waals surface area contributed by atoms with Gasteiger partial charge in [-0.2, -0.15) is 0 Å². The van der Waals surface area contributed by atoms with E-state index in [-0.39, 0.29) is 23.8 Å². The van der Waals surface area contributed by atoms with Crippen molar-refractivity contribution in [1.29, 1.82) is 0 Å². The highest BCUT2D eigenvalue weighted by molar-refractivity contribution is 5.94. The minimum atomic E-state index is -0.0118. The van der Waals surface area contributed by atoms with Gasteiger partial charge in [0.1, 0.15) is 0 Å². The van der Waals surface area contributed by atoms with E-state index in [0.29, 0.717) is 6.42 Å². The van der Waals surface area contributed by atoms with Crippen LogP contribution < -0.4 is 10.6 Å². The molecular weight excluding hydrogens is 252 g/mol. The van der Waals surface area contributed by atoms with Gasteiger partial charge in [-0.3, -0.25) is 9.59 Å². The zero-order valence-electron chi connectivity index (χ0n) is 12.1. The largest absolute Gasteiger partial charge is 0.350 e. The molecule has 1 aromatic carbocycles. The summed E-state index contributed by atoms with van der Waals surface area (Å²) in [6.45, 7) is 3.95. The molecule has 1 atom stereocenters. The molecule has 0 radical (unpaired) electrons. The summed E-state index contributed by atoms with van der Waals surface area (Å²) in [5.74, 6) is 0.398. The van der Waals surface area contributed by atoms with Crippen molar-refractivity contribution >= 4 is 17.5 Å². The Labute approximate surface area is 119 Å². The van der Waals surface area contributed by atoms with E-state index in [1.165, 1.54) is 0 Å². The molecule has 4 nitrogen and oxygen atoms in total. The first kappa shape index (κ1) is 14.6. The van der Waals surface area contributed by atoms with Crippen molar-refractivity contribution in [3.63, 3.8) is 0 Å². The summed E-state index contributed by atoms with van der Waals surface area (Å²) in [4.78, 5) is 23.2. The number of amides is 2. The summed E-state index contributed by atoms with van der Waals surface area (Å²) in [5, 5.41) is 5.86. The van der Waals surface area contributed by atoms with E-state index in [0.717, 1.165) is 30.5 Å². The summed E-state index contributed by atoms with van der Waals surface area (Å²) in [5.41, 5.74) is 1.86. The molecule has 1 aromatic rings. The molecule has 1 unspecified atom stereocenters. The molecule has 0 spiro atoms. The van der Waals surface area contributed by atoms with Gasteiger partial charge in [0, 0.05) is 18.0 Å². The van der Waals surface area contributed by atoms with Crippen LogP contribution in [0.5, 0.6) is 0 Å². The van der Waals surface area contributed by atoms with Crippen LogP contribution in [0.15, 0.2) is 24.3 Å². The molecule has 1 saturated carbocycles. The Hall–Kier alpha value is -1.84. The van der Waals surface area contributed by atoms with Gasteiger partial charge in [-0.1, -0.05) is 19.1 Å². The third-order valence-corrected chi connectivity index (χ3v) is 3.48. The quantitative estimate of drug-likeness (QED) is 0.837. The second-order valence-electron chi connectivity index (χ2n) is 5.42. The highest BCUT2D eigenvalue weighted by Crippen LogP contribution is 2.30. The van der Waals surface area contributed by atoms with Gasteiger partial charge in [-0.15, -0.1) is 0 Å². The van der Waals surface area contributed by atoms with Gasteiger partial charge >= 0.3 is 0 Å². The van der Waals surface area contributed by atoms with Crippen molar-refractivity contribution in [3.05, 3.63) is 29.8 Å². The lowest BCUT2D eigenvalue weighted by Gasteiger charge is -2.14. The van der Waals surface area contributed by atoms with E-state index < -0.39 is 0 Å². The molecule has 1 aliphatic rings. The number of benzene rings is 1. The second kappa shape index (κ2) is 6.55. The first-order valence-electron chi connectivity index (χ1n) is 7.30. The average Bonchev–Trinajstić information content (AvgIpc) is 3.24. The van der Waals surface area contributed by atoms with Crippen LogP contribution in [-0.2, 0) is 9.59 Å². The van der Waals surface area contributed by atoms with Crippen LogP contribution >= 0.6 is 0 Å². The van der Waals surface area contributed by atoms with Crippen molar-refractivity contribution < 1.29 is 9.59 Å². The zero-order valence-corrected chi connectivity index (χ0v) is 12.1. The first-order valence-corrected chi connectivity index (χ1v) is 7.30. The SMILES string of the molecule is CCCC(=O)NC(C)c1ccc(NC(=O)C2CC2)cc1. The average molecular weight is 274 g/mol. The van der Waals surface area contributed by atoms with E-state index >= 15 is 0 Å². The second-order valence-corrected chi connectivity index (χ2v) is 5.42. The number of carbonyl (C=O) groups excluding carboxylic acids is 2. The highest BCUT2D eigenvalue weighted by Gasteiger charge is 2.29. The minimum Gasteiger partial charge on any atom is -0.350 e. The van der Waals surface area contributed by atoms with Crippen LogP contribution in [0.3, 0.4) is 0 Å². The summed E-state index contributed by atoms with van der Waals surface area (Å²) in [7, 11) is 0. The normalized spacial score (nSPS) is 15.5. The summed E-state index contributed by atoms with van der Waals surface area (Å²) in [6.07, 6.45) is 3.42. The van der Waals surface area contributed by atoms with Crippen molar-refractivity contribution in [3.8, 4) is 0 Å². The molecule has 1 fully saturated rings. The Morgan fingerprint density at radius 3 is 2.45 bits per heavy atom. The van der Waals surface area contributed by atoms with Gasteiger partial charge in [0.2, 0.25) is 11.8 Å². The van der Waals surface area contributed by atoms with Crippen molar-refractivity contribution in [2.24, 2.45) is 5.92 Å². The third-order valence-electron chi connectivity index (χ3n) is 3.48. The maximum atomic E-state index is 11.6. The molecule has 20 heavy (non-hydrogen) atoms. The van der Waals surface area contributed by atoms with Crippen molar-refractivity contribution in [2.45, 2.75) is 45.6 Å². The van der Waals surface area contributed by atoms with E-state index in [1.54, 1.807) is 0 Å². The molecule has 4 heteroatoms. The lowest BCUT2D eigenvalue weighted by atomic mass is 10.1. The Bertz CT molecular complexity index is 478. The van der Waals surface area contributed by atoms with E-state index in [4.69, 9.17) is 0 Å². The molecule has 0 heterocycles. The number of carbonyl (C=O) groups is 2. The number of nitrogens with one attached hydrogen (secondary N) is 2. The van der Waals surface area contributed by atoms with Gasteiger partial charge in [-0.05, 0) is 43.9 Å². The molecule has 0 bridgehead atoms. The molecule has 2 rings (SSSR count). The van der Waals surface area contributed by atoms with Crippen LogP contribution in [-0.4, -0.2) is 11.8 Å². The number of hydrogen-bond acceptors (Lipinski definition) is 2. The van der Waals surface area contributed by atoms with E-state index in [9.17, 15) is 9.59 Å². The lowest BCUT2D eigenvalue weighted by Crippen LogP contribution is -2.26. The summed E-state index contributed by atoms with van der Waals surface area (Å²) < 4.78 is 0. The van der Waals surface area contributed by atoms with Crippen LogP contribution in [0.1, 0.15) is 51.1 Å². The fourth-order valence-corrected chi connectivity index (χ4v) is 2.07. The number of hydrogen-bond donors (Lipinski definition) is 2. The van der Waals surface area contributed by atoms with Gasteiger partial charge in [0.05, 0.1) is 6.04 Å². The van der Waals surface area contributed by atoms with E-state index in [2.05, 4.69) is 10.6 Å². The Morgan fingerprint density at radius 1 is 1.25 bits per heavy atom. The predicted octanol–water partition coefficient (Wildman–Crippen LogP) is 3.01.